The molecule has 0 aromatic carbocycles. The third-order valence-corrected chi connectivity index (χ3v) is 4.68. The molecule has 0 saturated heterocycles. The lowest BCUT2D eigenvalue weighted by Gasteiger charge is -2.36. The molecule has 2 aliphatic carbocycles. The van der Waals surface area contributed by atoms with Gasteiger partial charge >= 0.3 is 0 Å². The normalized spacial score (nSPS) is 36.4. The van der Waals surface area contributed by atoms with Crippen LogP contribution in [0.15, 0.2) is 0 Å². The summed E-state index contributed by atoms with van der Waals surface area (Å²) in [5.41, 5.74) is 1.24. The second-order valence-corrected chi connectivity index (χ2v) is 6.65. The van der Waals surface area contributed by atoms with Crippen LogP contribution in [0, 0.1) is 22.7 Å². The fraction of sp³-hybridized carbons (Fsp3) is 1.00. The Hall–Kier alpha value is 0.390. The summed E-state index contributed by atoms with van der Waals surface area (Å²) in [6.45, 7) is 9.96. The topological polar surface area (TPSA) is 20.2 Å². The first-order valence-corrected chi connectivity index (χ1v) is 6.71. The molecule has 3 atom stereocenters. The van der Waals surface area contributed by atoms with Gasteiger partial charge in [-0.2, -0.15) is 0 Å². The van der Waals surface area contributed by atoms with E-state index in [1.165, 1.54) is 41.6 Å². The minimum absolute atomic E-state index is 0.620. The number of hydrogen-bond donors (Lipinski definition) is 1. The molecule has 1 nitrogen and oxygen atoms in total. The Bertz CT molecular complexity index is 189. The first kappa shape index (κ1) is 13.5. The molecule has 0 heterocycles. The van der Waals surface area contributed by atoms with E-state index in [-0.39, 0.29) is 0 Å². The molecule has 0 amide bonds. The highest BCUT2D eigenvalue weighted by Crippen LogP contribution is 2.61. The molecule has 1 N–H and O–H groups in total. The van der Waals surface area contributed by atoms with Crippen molar-refractivity contribution in [2.75, 3.05) is 0 Å². The van der Waals surface area contributed by atoms with E-state index in [0.29, 0.717) is 10.8 Å². The minimum atomic E-state index is 0.620. The van der Waals surface area contributed by atoms with Gasteiger partial charge in [0, 0.05) is 0 Å². The van der Waals surface area contributed by atoms with Gasteiger partial charge in [0.05, 0.1) is 0 Å². The third kappa shape index (κ3) is 2.56. The Morgan fingerprint density at radius 1 is 0.867 bits per heavy atom. The van der Waals surface area contributed by atoms with Crippen LogP contribution in [0.3, 0.4) is 0 Å². The lowest BCUT2D eigenvalue weighted by Crippen LogP contribution is -2.27. The Morgan fingerprint density at radius 3 is 1.53 bits per heavy atom. The molecule has 3 unspecified atom stereocenters. The summed E-state index contributed by atoms with van der Waals surface area (Å²) in [5.74, 6) is 2.05. The lowest BCUT2D eigenvalue weighted by molar-refractivity contribution is 0.136. The molecular formula is C13H27OP. The smallest absolute Gasteiger partial charge is 0.00391 e. The van der Waals surface area contributed by atoms with Gasteiger partial charge in [0.2, 0.25) is 0 Å². The van der Waals surface area contributed by atoms with Crippen LogP contribution < -0.4 is 0 Å². The summed E-state index contributed by atoms with van der Waals surface area (Å²) in [6.07, 6.45) is 7.42. The van der Waals surface area contributed by atoms with Crippen molar-refractivity contribution in [3.8, 4) is 0 Å². The monoisotopic (exact) mass is 230 g/mol. The highest BCUT2D eigenvalue weighted by molar-refractivity contribution is 7.08. The van der Waals surface area contributed by atoms with Gasteiger partial charge in [-0.05, 0) is 51.4 Å². The third-order valence-electron chi connectivity index (χ3n) is 4.68. The Morgan fingerprint density at radius 2 is 1.20 bits per heavy atom. The van der Waals surface area contributed by atoms with Crippen molar-refractivity contribution in [2.24, 2.45) is 22.7 Å². The molecule has 2 aliphatic rings. The molecule has 90 valence electrons. The summed E-state index contributed by atoms with van der Waals surface area (Å²) in [5, 5.41) is 0. The van der Waals surface area contributed by atoms with Gasteiger partial charge in [0.25, 0.3) is 0 Å². The standard InChI is InChI=1S/C13H24.H3OP/c1-12(2)9-13(3,4)11-8-6-5-7-10(11)12;1-2/h10-11H,5-9H2,1-4H3;1H,2H2. The van der Waals surface area contributed by atoms with Crippen molar-refractivity contribution >= 4 is 9.47 Å². The van der Waals surface area contributed by atoms with E-state index >= 15 is 0 Å². The van der Waals surface area contributed by atoms with Crippen molar-refractivity contribution in [2.45, 2.75) is 59.8 Å². The van der Waals surface area contributed by atoms with Crippen molar-refractivity contribution in [1.82, 2.24) is 0 Å². The van der Waals surface area contributed by atoms with Gasteiger partial charge in [-0.3, -0.25) is 0 Å². The molecule has 0 aromatic rings. The molecule has 0 radical (unpaired) electrons. The number of fused-ring (bicyclic) bond motifs is 1. The summed E-state index contributed by atoms with van der Waals surface area (Å²) < 4.78 is 0. The highest BCUT2D eigenvalue weighted by atomic mass is 31.0. The molecule has 0 bridgehead atoms. The second kappa shape index (κ2) is 4.72. The van der Waals surface area contributed by atoms with Crippen molar-refractivity contribution in [3.05, 3.63) is 0 Å². The van der Waals surface area contributed by atoms with Gasteiger partial charge in [-0.15, -0.1) is 0 Å². The van der Waals surface area contributed by atoms with E-state index in [2.05, 4.69) is 27.7 Å². The zero-order valence-corrected chi connectivity index (χ0v) is 11.9. The first-order chi connectivity index (χ1) is 6.93. The Labute approximate surface area is 97.3 Å². The first-order valence-electron chi connectivity index (χ1n) is 6.19. The summed E-state index contributed by atoms with van der Waals surface area (Å²) >= 11 is 0. The van der Waals surface area contributed by atoms with E-state index in [0.717, 1.165) is 11.8 Å². The van der Waals surface area contributed by atoms with Gasteiger partial charge in [-0.25, -0.2) is 0 Å². The van der Waals surface area contributed by atoms with Crippen LogP contribution in [0.4, 0.5) is 0 Å². The lowest BCUT2D eigenvalue weighted by atomic mass is 9.69. The van der Waals surface area contributed by atoms with Gasteiger partial charge < -0.3 is 4.89 Å². The molecule has 2 saturated carbocycles. The van der Waals surface area contributed by atoms with Crippen LogP contribution in [-0.2, 0) is 0 Å². The van der Waals surface area contributed by atoms with Crippen molar-refractivity contribution in [3.63, 3.8) is 0 Å². The van der Waals surface area contributed by atoms with Crippen LogP contribution in [0.2, 0.25) is 0 Å². The number of hydrogen-bond acceptors (Lipinski definition) is 1. The highest BCUT2D eigenvalue weighted by Gasteiger charge is 2.52. The largest absolute Gasteiger partial charge is 0.380 e. The Kier molecular flexibility index (Phi) is 4.23. The quantitative estimate of drug-likeness (QED) is 0.623. The van der Waals surface area contributed by atoms with Crippen LogP contribution in [-0.4, -0.2) is 4.89 Å². The fourth-order valence-electron chi connectivity index (χ4n) is 4.44. The van der Waals surface area contributed by atoms with Crippen molar-refractivity contribution in [1.29, 1.82) is 0 Å². The maximum absolute atomic E-state index is 6.92. The van der Waals surface area contributed by atoms with Crippen LogP contribution >= 0.6 is 9.47 Å². The van der Waals surface area contributed by atoms with Crippen molar-refractivity contribution < 1.29 is 4.89 Å². The summed E-state index contributed by atoms with van der Waals surface area (Å²) in [6, 6.07) is 0. The van der Waals surface area contributed by atoms with Gasteiger partial charge in [-0.1, -0.05) is 40.5 Å². The maximum atomic E-state index is 6.92. The van der Waals surface area contributed by atoms with Crippen LogP contribution in [0.5, 0.6) is 0 Å². The average Bonchev–Trinajstić information content (AvgIpc) is 2.37. The molecule has 2 heteroatoms. The molecule has 15 heavy (non-hydrogen) atoms. The maximum Gasteiger partial charge on any atom is -0.00391 e. The zero-order chi connectivity index (χ0) is 11.7. The Balaban J connectivity index is 0.000000531. The fourth-order valence-corrected chi connectivity index (χ4v) is 4.44. The van der Waals surface area contributed by atoms with Crippen LogP contribution in [0.1, 0.15) is 59.8 Å². The van der Waals surface area contributed by atoms with E-state index in [1.54, 1.807) is 0 Å². The molecule has 0 aliphatic heterocycles. The summed E-state index contributed by atoms with van der Waals surface area (Å²) in [4.78, 5) is 6.92. The minimum Gasteiger partial charge on any atom is -0.380 e. The van der Waals surface area contributed by atoms with Gasteiger partial charge in [0.1, 0.15) is 0 Å². The zero-order valence-electron chi connectivity index (χ0n) is 10.7. The second-order valence-electron chi connectivity index (χ2n) is 6.65. The predicted molar refractivity (Wildman–Crippen MR) is 69.6 cm³/mol. The van der Waals surface area contributed by atoms with E-state index < -0.39 is 0 Å². The van der Waals surface area contributed by atoms with Gasteiger partial charge in [0.15, 0.2) is 0 Å². The van der Waals surface area contributed by atoms with Crippen LogP contribution in [0.25, 0.3) is 0 Å². The van der Waals surface area contributed by atoms with E-state index in [1.807, 2.05) is 0 Å². The molecule has 0 spiro atoms. The average molecular weight is 230 g/mol. The molecular weight excluding hydrogens is 203 g/mol. The van der Waals surface area contributed by atoms with E-state index in [4.69, 9.17) is 4.89 Å². The molecule has 2 fully saturated rings. The number of rotatable bonds is 0. The SMILES string of the molecule is CC1(C)CC(C)(C)C2CCCCC21.OP. The van der Waals surface area contributed by atoms with E-state index in [9.17, 15) is 0 Å². The molecule has 2 rings (SSSR count). The predicted octanol–water partition coefficient (Wildman–Crippen LogP) is 4.02. The summed E-state index contributed by atoms with van der Waals surface area (Å²) in [7, 11) is 1.42. The molecule has 0 aromatic heterocycles.